The van der Waals surface area contributed by atoms with Crippen LogP contribution in [0.25, 0.3) is 0 Å². The van der Waals surface area contributed by atoms with Crippen molar-refractivity contribution in [3.63, 3.8) is 0 Å². The molecule has 2 heterocycles. The Kier molecular flexibility index (Phi) is 6.24. The van der Waals surface area contributed by atoms with Crippen molar-refractivity contribution in [2.75, 3.05) is 37.6 Å². The Balaban J connectivity index is 2.32. The van der Waals surface area contributed by atoms with Crippen LogP contribution >= 0.6 is 11.6 Å². The van der Waals surface area contributed by atoms with Gasteiger partial charge in [0.05, 0.1) is 16.7 Å². The van der Waals surface area contributed by atoms with Gasteiger partial charge in [-0.1, -0.05) is 18.5 Å². The molecule has 0 bridgehead atoms. The van der Waals surface area contributed by atoms with Crippen molar-refractivity contribution in [2.45, 2.75) is 39.2 Å². The Morgan fingerprint density at radius 3 is 2.40 bits per heavy atom. The van der Waals surface area contributed by atoms with Crippen LogP contribution in [0.15, 0.2) is 0 Å². The molecule has 0 atom stereocenters. The molecule has 1 aliphatic rings. The van der Waals surface area contributed by atoms with Crippen LogP contribution in [0, 0.1) is 22.7 Å². The summed E-state index contributed by atoms with van der Waals surface area (Å²) in [6.07, 6.45) is 1.46. The summed E-state index contributed by atoms with van der Waals surface area (Å²) in [5, 5.41) is 29.1. The molecule has 0 saturated carbocycles. The first kappa shape index (κ1) is 19.5. The number of hydrogen-bond donors (Lipinski definition) is 1. The molecule has 1 aromatic heterocycles. The van der Waals surface area contributed by atoms with Crippen molar-refractivity contribution < 1.29 is 5.11 Å². The van der Waals surface area contributed by atoms with Crippen LogP contribution in [-0.2, 0) is 6.42 Å². The van der Waals surface area contributed by atoms with Gasteiger partial charge < -0.3 is 10.0 Å². The largest absolute Gasteiger partial charge is 0.389 e. The minimum absolute atomic E-state index is 0.158. The Morgan fingerprint density at radius 1 is 1.16 bits per heavy atom. The zero-order valence-corrected chi connectivity index (χ0v) is 15.8. The van der Waals surface area contributed by atoms with Gasteiger partial charge in [-0.25, -0.2) is 4.98 Å². The standard InChI is InChI=1S/C18H24ClN5O/c1-4-13-14(10-20)16(19)22-17(15(13)11-21)24-7-5-6-23(8-9-24)12-18(2,3)25/h25H,4-9,12H2,1-3H3. The van der Waals surface area contributed by atoms with Crippen LogP contribution in [0.5, 0.6) is 0 Å². The summed E-state index contributed by atoms with van der Waals surface area (Å²) in [5.74, 6) is 0.563. The summed E-state index contributed by atoms with van der Waals surface area (Å²) in [5.41, 5.74) is 0.665. The van der Waals surface area contributed by atoms with E-state index >= 15 is 0 Å². The number of anilines is 1. The maximum Gasteiger partial charge on any atom is 0.149 e. The Morgan fingerprint density at radius 2 is 1.84 bits per heavy atom. The first-order chi connectivity index (χ1) is 11.8. The monoisotopic (exact) mass is 361 g/mol. The molecule has 0 radical (unpaired) electrons. The fourth-order valence-corrected chi connectivity index (χ4v) is 3.53. The molecule has 25 heavy (non-hydrogen) atoms. The van der Waals surface area contributed by atoms with E-state index in [0.717, 1.165) is 26.1 Å². The molecule has 2 rings (SSSR count). The lowest BCUT2D eigenvalue weighted by Crippen LogP contribution is -2.40. The summed E-state index contributed by atoms with van der Waals surface area (Å²) in [6.45, 7) is 9.23. The van der Waals surface area contributed by atoms with E-state index in [0.29, 0.717) is 42.0 Å². The average Bonchev–Trinajstić information content (AvgIpc) is 2.77. The second-order valence-electron chi connectivity index (χ2n) is 6.96. The zero-order chi connectivity index (χ0) is 18.6. The Bertz CT molecular complexity index is 714. The van der Waals surface area contributed by atoms with Crippen LogP contribution in [0.2, 0.25) is 5.15 Å². The van der Waals surface area contributed by atoms with Gasteiger partial charge in [0.15, 0.2) is 0 Å². The Hall–Kier alpha value is -1.86. The smallest absolute Gasteiger partial charge is 0.149 e. The molecule has 0 aromatic carbocycles. The molecule has 0 aliphatic carbocycles. The van der Waals surface area contributed by atoms with E-state index < -0.39 is 5.60 Å². The van der Waals surface area contributed by atoms with Crippen LogP contribution in [0.1, 0.15) is 43.9 Å². The number of pyridine rings is 1. The van der Waals surface area contributed by atoms with Crippen LogP contribution in [0.4, 0.5) is 5.82 Å². The van der Waals surface area contributed by atoms with Crippen molar-refractivity contribution >= 4 is 17.4 Å². The lowest BCUT2D eigenvalue weighted by Gasteiger charge is -2.28. The minimum atomic E-state index is -0.738. The molecule has 1 fully saturated rings. The number of nitriles is 2. The third kappa shape index (κ3) is 4.61. The summed E-state index contributed by atoms with van der Waals surface area (Å²) in [6, 6.07) is 4.28. The second-order valence-corrected chi connectivity index (χ2v) is 7.32. The lowest BCUT2D eigenvalue weighted by atomic mass is 10.0. The van der Waals surface area contributed by atoms with Crippen molar-refractivity contribution in [3.8, 4) is 12.1 Å². The second kappa shape index (κ2) is 8.01. The number of β-amino-alcohol motifs (C(OH)–C–C–N with tert-alkyl or cyclic N) is 1. The number of nitrogens with zero attached hydrogens (tertiary/aromatic N) is 5. The third-order valence-electron chi connectivity index (χ3n) is 4.31. The van der Waals surface area contributed by atoms with E-state index in [4.69, 9.17) is 11.6 Å². The van der Waals surface area contributed by atoms with Crippen LogP contribution in [-0.4, -0.2) is 53.3 Å². The number of aliphatic hydroxyl groups is 1. The van der Waals surface area contributed by atoms with Crippen molar-refractivity contribution in [1.82, 2.24) is 9.88 Å². The molecule has 0 unspecified atom stereocenters. The molecule has 7 heteroatoms. The maximum atomic E-state index is 10.0. The summed E-state index contributed by atoms with van der Waals surface area (Å²) in [7, 11) is 0. The highest BCUT2D eigenvalue weighted by atomic mass is 35.5. The van der Waals surface area contributed by atoms with Gasteiger partial charge in [-0.2, -0.15) is 10.5 Å². The van der Waals surface area contributed by atoms with Gasteiger partial charge in [0.1, 0.15) is 23.1 Å². The van der Waals surface area contributed by atoms with Crippen LogP contribution < -0.4 is 4.90 Å². The molecule has 1 aliphatic heterocycles. The number of halogens is 1. The van der Waals surface area contributed by atoms with Gasteiger partial charge in [-0.15, -0.1) is 0 Å². The first-order valence-corrected chi connectivity index (χ1v) is 8.90. The van der Waals surface area contributed by atoms with Gasteiger partial charge in [-0.05, 0) is 32.3 Å². The lowest BCUT2D eigenvalue weighted by molar-refractivity contribution is 0.0385. The van der Waals surface area contributed by atoms with E-state index in [1.165, 1.54) is 0 Å². The van der Waals surface area contributed by atoms with Gasteiger partial charge in [-0.3, -0.25) is 4.90 Å². The highest BCUT2D eigenvalue weighted by molar-refractivity contribution is 6.30. The molecule has 1 saturated heterocycles. The maximum absolute atomic E-state index is 10.0. The molecule has 0 spiro atoms. The predicted molar refractivity (Wildman–Crippen MR) is 97.6 cm³/mol. The number of hydrogen-bond acceptors (Lipinski definition) is 6. The SMILES string of the molecule is CCc1c(C#N)c(Cl)nc(N2CCCN(CC(C)(C)O)CC2)c1C#N. The van der Waals surface area contributed by atoms with E-state index in [2.05, 4.69) is 26.9 Å². The molecule has 0 amide bonds. The highest BCUT2D eigenvalue weighted by Crippen LogP contribution is 2.30. The first-order valence-electron chi connectivity index (χ1n) is 8.53. The molecule has 6 nitrogen and oxygen atoms in total. The van der Waals surface area contributed by atoms with Gasteiger partial charge in [0.2, 0.25) is 0 Å². The molecular weight excluding hydrogens is 338 g/mol. The predicted octanol–water partition coefficient (Wildman–Crippen LogP) is 2.32. The van der Waals surface area contributed by atoms with Gasteiger partial charge >= 0.3 is 0 Å². The van der Waals surface area contributed by atoms with Crippen molar-refractivity contribution in [1.29, 1.82) is 10.5 Å². The van der Waals surface area contributed by atoms with Crippen molar-refractivity contribution in [3.05, 3.63) is 21.8 Å². The summed E-state index contributed by atoms with van der Waals surface area (Å²) < 4.78 is 0. The average molecular weight is 362 g/mol. The zero-order valence-electron chi connectivity index (χ0n) is 15.0. The quantitative estimate of drug-likeness (QED) is 0.828. The van der Waals surface area contributed by atoms with Gasteiger partial charge in [0.25, 0.3) is 0 Å². The van der Waals surface area contributed by atoms with Crippen molar-refractivity contribution in [2.24, 2.45) is 0 Å². The number of rotatable bonds is 4. The molecule has 134 valence electrons. The van der Waals surface area contributed by atoms with E-state index in [1.807, 2.05) is 6.92 Å². The van der Waals surface area contributed by atoms with E-state index in [1.54, 1.807) is 13.8 Å². The fourth-order valence-electron chi connectivity index (χ4n) is 3.29. The third-order valence-corrected chi connectivity index (χ3v) is 4.59. The number of aromatic nitrogens is 1. The van der Waals surface area contributed by atoms with E-state index in [9.17, 15) is 15.6 Å². The van der Waals surface area contributed by atoms with Crippen LogP contribution in [0.3, 0.4) is 0 Å². The summed E-state index contributed by atoms with van der Waals surface area (Å²) >= 11 is 6.21. The highest BCUT2D eigenvalue weighted by Gasteiger charge is 2.25. The Labute approximate surface area is 154 Å². The minimum Gasteiger partial charge on any atom is -0.389 e. The van der Waals surface area contributed by atoms with E-state index in [-0.39, 0.29) is 5.15 Å². The topological polar surface area (TPSA) is 87.2 Å². The molecular formula is C18H24ClN5O. The molecule has 1 N–H and O–H groups in total. The normalized spacial score (nSPS) is 16.2. The summed E-state index contributed by atoms with van der Waals surface area (Å²) in [4.78, 5) is 8.65. The van der Waals surface area contributed by atoms with Gasteiger partial charge in [0, 0.05) is 32.7 Å². The fraction of sp³-hybridized carbons (Fsp3) is 0.611. The molecule has 1 aromatic rings.